The maximum atomic E-state index is 10.2. The van der Waals surface area contributed by atoms with Crippen LogP contribution < -0.4 is 0 Å². The molecular weight excluding hydrogens is 270 g/mol. The zero-order valence-corrected chi connectivity index (χ0v) is 11.7. The first-order valence-electron chi connectivity index (χ1n) is 6.68. The fourth-order valence-corrected chi connectivity index (χ4v) is 2.08. The zero-order valence-electron chi connectivity index (χ0n) is 10.9. The Morgan fingerprint density at radius 1 is 0.842 bits per heavy atom. The summed E-state index contributed by atoms with van der Waals surface area (Å²) in [6.07, 6.45) is 11.9. The molecule has 0 fully saturated rings. The normalized spacial score (nSPS) is 10.6. The molecule has 0 bridgehead atoms. The first-order chi connectivity index (χ1) is 8.06. The van der Waals surface area contributed by atoms with Crippen LogP contribution in [-0.4, -0.2) is 68.0 Å². The summed E-state index contributed by atoms with van der Waals surface area (Å²) in [4.78, 5) is 0. The third-order valence-corrected chi connectivity index (χ3v) is 3.19. The van der Waals surface area contributed by atoms with Crippen molar-refractivity contribution < 1.29 is 17.2 Å². The molecule has 0 heterocycles. The topological polar surface area (TPSA) is 63.6 Å². The molecule has 19 heavy (non-hydrogen) atoms. The second kappa shape index (κ2) is 17.5. The van der Waals surface area contributed by atoms with Gasteiger partial charge in [0.05, 0.1) is 6.61 Å². The fraction of sp³-hybridized carbons (Fsp3) is 1.00. The maximum absolute atomic E-state index is 10.2. The molecule has 0 rings (SSSR count). The van der Waals surface area contributed by atoms with Crippen LogP contribution in [0.15, 0.2) is 0 Å². The average Bonchev–Trinajstić information content (AvgIpc) is 2.24. The van der Waals surface area contributed by atoms with E-state index in [0.717, 1.165) is 12.8 Å². The van der Waals surface area contributed by atoms with Gasteiger partial charge in [-0.3, -0.25) is 4.55 Å². The van der Waals surface area contributed by atoms with Gasteiger partial charge in [-0.15, -0.1) is 0 Å². The quantitative estimate of drug-likeness (QED) is 0.341. The summed E-state index contributed by atoms with van der Waals surface area (Å²) in [5, 5.41) is 0. The van der Waals surface area contributed by atoms with Crippen molar-refractivity contribution in [2.75, 3.05) is 6.61 Å². The first kappa shape index (κ1) is 25.4. The van der Waals surface area contributed by atoms with Crippen molar-refractivity contribution in [2.24, 2.45) is 0 Å². The summed E-state index contributed by atoms with van der Waals surface area (Å²) in [5.41, 5.74) is 0. The molecule has 0 unspecified atom stereocenters. The molecule has 0 aliphatic carbocycles. The van der Waals surface area contributed by atoms with E-state index in [1.165, 1.54) is 44.9 Å². The van der Waals surface area contributed by atoms with E-state index in [9.17, 15) is 8.42 Å². The van der Waals surface area contributed by atoms with Crippen LogP contribution >= 0.6 is 0 Å². The van der Waals surface area contributed by atoms with Crippen LogP contribution in [0.1, 0.15) is 71.1 Å². The molecule has 0 aliphatic rings. The van der Waals surface area contributed by atoms with Crippen LogP contribution in [0.5, 0.6) is 0 Å². The number of hydrogen-bond acceptors (Lipinski definition) is 3. The third-order valence-electron chi connectivity index (χ3n) is 2.73. The van der Waals surface area contributed by atoms with Gasteiger partial charge in [0, 0.05) is 0 Å². The molecule has 4 nitrogen and oxygen atoms in total. The van der Waals surface area contributed by atoms with Crippen molar-refractivity contribution >= 4 is 58.8 Å². The van der Waals surface area contributed by atoms with E-state index < -0.39 is 10.4 Å². The van der Waals surface area contributed by atoms with Gasteiger partial charge in [-0.05, 0) is 6.42 Å². The summed E-state index contributed by atoms with van der Waals surface area (Å²) in [6.45, 7) is 2.31. The van der Waals surface area contributed by atoms with Crippen LogP contribution in [-0.2, 0) is 14.6 Å². The third kappa shape index (κ3) is 24.8. The van der Waals surface area contributed by atoms with Gasteiger partial charge in [0.1, 0.15) is 0 Å². The number of unbranched alkanes of at least 4 members (excludes halogenated alkanes) is 9. The molecule has 0 aromatic rings. The second-order valence-electron chi connectivity index (χ2n) is 4.43. The van der Waals surface area contributed by atoms with E-state index in [4.69, 9.17) is 4.55 Å². The standard InChI is InChI=1S/C12H26O4S.Li.Na.2H/c1-2-3-4-5-6-7-8-9-10-11-12-16-17(13,14)15;;;;/h2-12H2,1H3,(H,13,14,15);;;;. The Hall–Kier alpha value is 1.47. The van der Waals surface area contributed by atoms with E-state index in [2.05, 4.69) is 11.1 Å². The van der Waals surface area contributed by atoms with Gasteiger partial charge in [-0.2, -0.15) is 8.42 Å². The molecule has 0 saturated carbocycles. The van der Waals surface area contributed by atoms with Crippen molar-refractivity contribution in [1.29, 1.82) is 0 Å². The monoisotopic (exact) mass is 298 g/mol. The molecular formula is C12H28LiNaO4S. The Morgan fingerprint density at radius 2 is 1.21 bits per heavy atom. The second-order valence-corrected chi connectivity index (χ2v) is 5.52. The molecule has 0 radical (unpaired) electrons. The molecule has 0 aromatic heterocycles. The Labute approximate surface area is 152 Å². The fourth-order valence-electron chi connectivity index (χ4n) is 1.75. The first-order valence-corrected chi connectivity index (χ1v) is 8.04. The molecule has 1 N–H and O–H groups in total. The minimum atomic E-state index is -4.23. The molecule has 0 amide bonds. The molecule has 0 aromatic carbocycles. The molecule has 0 saturated heterocycles. The summed E-state index contributed by atoms with van der Waals surface area (Å²) < 4.78 is 33.0. The predicted octanol–water partition coefficient (Wildman–Crippen LogP) is 2.43. The van der Waals surface area contributed by atoms with Gasteiger partial charge in [0.15, 0.2) is 0 Å². The van der Waals surface area contributed by atoms with E-state index in [1.54, 1.807) is 0 Å². The van der Waals surface area contributed by atoms with Crippen molar-refractivity contribution in [3.8, 4) is 0 Å². The summed E-state index contributed by atoms with van der Waals surface area (Å²) in [6, 6.07) is 0. The molecule has 0 spiro atoms. The predicted molar refractivity (Wildman–Crippen MR) is 83.6 cm³/mol. The number of hydrogen-bond donors (Lipinski definition) is 1. The van der Waals surface area contributed by atoms with Crippen LogP contribution in [0.25, 0.3) is 0 Å². The van der Waals surface area contributed by atoms with E-state index >= 15 is 0 Å². The molecule has 0 atom stereocenters. The van der Waals surface area contributed by atoms with Crippen molar-refractivity contribution in [3.05, 3.63) is 0 Å². The Morgan fingerprint density at radius 3 is 1.58 bits per heavy atom. The minimum absolute atomic E-state index is 0. The van der Waals surface area contributed by atoms with Crippen molar-refractivity contribution in [2.45, 2.75) is 71.1 Å². The van der Waals surface area contributed by atoms with Gasteiger partial charge >= 0.3 is 58.8 Å². The van der Waals surface area contributed by atoms with Gasteiger partial charge in [0.25, 0.3) is 0 Å². The van der Waals surface area contributed by atoms with E-state index in [0.29, 0.717) is 6.42 Å². The molecule has 108 valence electrons. The Bertz CT molecular complexity index is 260. The van der Waals surface area contributed by atoms with Crippen LogP contribution in [0.4, 0.5) is 0 Å². The van der Waals surface area contributed by atoms with Gasteiger partial charge in [-0.1, -0.05) is 64.7 Å². The van der Waals surface area contributed by atoms with Crippen LogP contribution in [0, 0.1) is 0 Å². The van der Waals surface area contributed by atoms with Crippen molar-refractivity contribution in [1.82, 2.24) is 0 Å². The molecule has 0 aliphatic heterocycles. The summed E-state index contributed by atoms with van der Waals surface area (Å²) in [7, 11) is -4.23. The Balaban J connectivity index is -0.00000128. The molecule has 7 heteroatoms. The summed E-state index contributed by atoms with van der Waals surface area (Å²) in [5.74, 6) is 0. The average molecular weight is 298 g/mol. The van der Waals surface area contributed by atoms with Crippen LogP contribution in [0.3, 0.4) is 0 Å². The van der Waals surface area contributed by atoms with Gasteiger partial charge in [-0.25, -0.2) is 4.18 Å². The van der Waals surface area contributed by atoms with E-state index in [-0.39, 0.29) is 55.0 Å². The van der Waals surface area contributed by atoms with Gasteiger partial charge in [0.2, 0.25) is 0 Å². The zero-order chi connectivity index (χ0) is 13.0. The SMILES string of the molecule is CCCCCCCCCCCCOS(=O)(=O)O.[LiH].[NaH]. The van der Waals surface area contributed by atoms with E-state index in [1.807, 2.05) is 0 Å². The Kier molecular flexibility index (Phi) is 23.4. The summed E-state index contributed by atoms with van der Waals surface area (Å²) >= 11 is 0. The van der Waals surface area contributed by atoms with Gasteiger partial charge < -0.3 is 0 Å². The number of rotatable bonds is 12. The van der Waals surface area contributed by atoms with Crippen molar-refractivity contribution in [3.63, 3.8) is 0 Å². The van der Waals surface area contributed by atoms with Crippen LogP contribution in [0.2, 0.25) is 0 Å².